The normalized spacial score (nSPS) is 13.8. The van der Waals surface area contributed by atoms with Crippen molar-refractivity contribution >= 4 is 131 Å². The molecule has 0 amide bonds. The Morgan fingerprint density at radius 1 is 0.233 bits per heavy atom. The third kappa shape index (κ3) is 7.22. The van der Waals surface area contributed by atoms with E-state index in [0.717, 1.165) is 22.7 Å². The van der Waals surface area contributed by atoms with E-state index in [0.29, 0.717) is 0 Å². The first kappa shape index (κ1) is 52.8. The van der Waals surface area contributed by atoms with Gasteiger partial charge in [-0.25, -0.2) is 0 Å². The fourth-order valence-electron chi connectivity index (χ4n) is 17.5. The highest BCUT2D eigenvalue weighted by Crippen LogP contribution is 2.59. The van der Waals surface area contributed by atoms with Gasteiger partial charge in [-0.15, -0.1) is 0 Å². The zero-order valence-corrected chi connectivity index (χ0v) is 52.8. The van der Waals surface area contributed by atoms with E-state index in [1.54, 1.807) is 0 Å². The summed E-state index contributed by atoms with van der Waals surface area (Å²) in [6.45, 7) is 23.4. The molecule has 0 aromatic heterocycles. The summed E-state index contributed by atoms with van der Waals surface area (Å²) in [7, 11) is 0. The first-order chi connectivity index (χ1) is 43.6. The van der Waals surface area contributed by atoms with Crippen molar-refractivity contribution in [2.75, 3.05) is 9.80 Å². The van der Waals surface area contributed by atoms with Crippen molar-refractivity contribution < 1.29 is 0 Å². The van der Waals surface area contributed by atoms with E-state index in [1.165, 1.54) is 186 Å². The highest BCUT2D eigenvalue weighted by molar-refractivity contribution is 6.31. The Bertz CT molecular complexity index is 5400. The Morgan fingerprint density at radius 3 is 0.878 bits per heavy atom. The number of anilines is 6. The largest absolute Gasteiger partial charge is 0.310 e. The molecule has 16 aromatic carbocycles. The van der Waals surface area contributed by atoms with Gasteiger partial charge in [-0.05, 0) is 266 Å². The highest BCUT2D eigenvalue weighted by Gasteiger charge is 2.41. The molecule has 2 heteroatoms. The number of nitrogens with zero attached hydrogens (tertiary/aromatic N) is 2. The Hall–Kier alpha value is -10.3. The summed E-state index contributed by atoms with van der Waals surface area (Å²) in [5.74, 6) is 0. The number of fused-ring (bicyclic) bond motifs is 20. The standard InChI is InChI=1S/C88H68N2/c1-49-39-50(2)42-57(41-49)89(55-27-29-67-73-35-33-71-65-23-13-11-19-61(65)63-21-15-17-25-69(63)83(71)85(73)87(7,8)77(67)47-55)79-45-53(5)59-32-38-76-80(46-54(6)60-31-37-75(79)81(59)82(60)76)90(58-43-51(3)40-52(4)44-58)56-28-30-68-74-36-34-72-66-24-14-12-20-62(66)64-22-16-18-26-70(64)84(72)86(74)88(9,10)78(68)48-56/h11-48H,1-10H3. The van der Waals surface area contributed by atoms with E-state index in [1.807, 2.05) is 0 Å². The van der Waals surface area contributed by atoms with Crippen molar-refractivity contribution in [3.05, 3.63) is 286 Å². The Kier molecular flexibility index (Phi) is 10.9. The molecule has 0 N–H and O–H groups in total. The Balaban J connectivity index is 0.840. The minimum Gasteiger partial charge on any atom is -0.310 e. The molecule has 430 valence electrons. The fourth-order valence-corrected chi connectivity index (χ4v) is 17.5. The van der Waals surface area contributed by atoms with Crippen LogP contribution in [0.3, 0.4) is 0 Å². The zero-order valence-electron chi connectivity index (χ0n) is 52.8. The molecule has 2 aliphatic rings. The molecule has 0 bridgehead atoms. The van der Waals surface area contributed by atoms with Crippen molar-refractivity contribution in [3.63, 3.8) is 0 Å². The Labute approximate surface area is 526 Å². The van der Waals surface area contributed by atoms with Gasteiger partial charge < -0.3 is 9.80 Å². The lowest BCUT2D eigenvalue weighted by Gasteiger charge is -2.32. The van der Waals surface area contributed by atoms with E-state index < -0.39 is 0 Å². The van der Waals surface area contributed by atoms with Crippen molar-refractivity contribution in [1.82, 2.24) is 0 Å². The van der Waals surface area contributed by atoms with Gasteiger partial charge in [0.1, 0.15) is 0 Å². The molecule has 0 fully saturated rings. The average molecular weight is 1150 g/mol. The maximum Gasteiger partial charge on any atom is 0.0543 e. The van der Waals surface area contributed by atoms with Crippen molar-refractivity contribution in [1.29, 1.82) is 0 Å². The highest BCUT2D eigenvalue weighted by atomic mass is 15.2. The number of rotatable bonds is 6. The van der Waals surface area contributed by atoms with Crippen LogP contribution in [0.5, 0.6) is 0 Å². The molecule has 0 atom stereocenters. The molecular formula is C88H68N2. The van der Waals surface area contributed by atoms with Crippen LogP contribution in [0.4, 0.5) is 34.1 Å². The molecule has 0 aliphatic heterocycles. The number of benzene rings is 16. The van der Waals surface area contributed by atoms with Crippen molar-refractivity contribution in [2.45, 2.75) is 80.1 Å². The number of aryl methyl sites for hydroxylation is 6. The van der Waals surface area contributed by atoms with E-state index in [9.17, 15) is 0 Å². The SMILES string of the molecule is Cc1cc(C)cc(N(c2ccc3c(c2)C(C)(C)c2c-3ccc3c4ccccc4c4ccccc4c23)c2cc(C)c3ccc4c(N(c5cc(C)cc(C)c5)c5ccc6c(c5)C(C)(C)c5c-6ccc6c7ccccc7c7ccccc7c56)cc(C)c5ccc2c3c54)c1. The van der Waals surface area contributed by atoms with Crippen LogP contribution in [-0.4, -0.2) is 0 Å². The van der Waals surface area contributed by atoms with Gasteiger partial charge in [0, 0.05) is 44.4 Å². The van der Waals surface area contributed by atoms with Crippen LogP contribution >= 0.6 is 0 Å². The van der Waals surface area contributed by atoms with Gasteiger partial charge >= 0.3 is 0 Å². The van der Waals surface area contributed by atoms with E-state index in [2.05, 4.69) is 310 Å². The van der Waals surface area contributed by atoms with Crippen molar-refractivity contribution in [3.8, 4) is 22.3 Å². The van der Waals surface area contributed by atoms with Crippen LogP contribution in [-0.2, 0) is 10.8 Å². The fraction of sp³-hybridized carbons (Fsp3) is 0.136. The summed E-state index contributed by atoms with van der Waals surface area (Å²) in [5, 5.41) is 23.5. The molecule has 0 spiro atoms. The van der Waals surface area contributed by atoms with Crippen LogP contribution < -0.4 is 9.80 Å². The predicted molar refractivity (Wildman–Crippen MR) is 388 cm³/mol. The second-order valence-electron chi connectivity index (χ2n) is 27.6. The maximum atomic E-state index is 2.58. The summed E-state index contributed by atoms with van der Waals surface area (Å²) in [4.78, 5) is 5.15. The third-order valence-electron chi connectivity index (χ3n) is 21.2. The van der Waals surface area contributed by atoms with Gasteiger partial charge in [0.05, 0.1) is 11.4 Å². The van der Waals surface area contributed by atoms with E-state index in [-0.39, 0.29) is 10.8 Å². The maximum absolute atomic E-state index is 2.58. The van der Waals surface area contributed by atoms with E-state index >= 15 is 0 Å². The second-order valence-corrected chi connectivity index (χ2v) is 27.6. The van der Waals surface area contributed by atoms with Gasteiger partial charge in [-0.3, -0.25) is 0 Å². The van der Waals surface area contributed by atoms with Gasteiger partial charge in [0.25, 0.3) is 0 Å². The molecule has 0 saturated heterocycles. The Morgan fingerprint density at radius 2 is 0.522 bits per heavy atom. The van der Waals surface area contributed by atoms with Crippen molar-refractivity contribution in [2.24, 2.45) is 0 Å². The average Bonchev–Trinajstić information content (AvgIpc) is 1.36. The van der Waals surface area contributed by atoms with Crippen LogP contribution in [0, 0.1) is 41.5 Å². The number of hydrogen-bond acceptors (Lipinski definition) is 2. The first-order valence-electron chi connectivity index (χ1n) is 32.1. The minimum atomic E-state index is -0.301. The lowest BCUT2D eigenvalue weighted by Crippen LogP contribution is -2.17. The molecule has 0 saturated carbocycles. The first-order valence-corrected chi connectivity index (χ1v) is 32.1. The predicted octanol–water partition coefficient (Wildman–Crippen LogP) is 24.9. The van der Waals surface area contributed by atoms with E-state index in [4.69, 9.17) is 0 Å². The van der Waals surface area contributed by atoms with Gasteiger partial charge in [-0.1, -0.05) is 198 Å². The smallest absolute Gasteiger partial charge is 0.0543 e. The van der Waals surface area contributed by atoms with Gasteiger partial charge in [-0.2, -0.15) is 0 Å². The van der Waals surface area contributed by atoms with Crippen LogP contribution in [0.15, 0.2) is 231 Å². The van der Waals surface area contributed by atoms with Crippen LogP contribution in [0.2, 0.25) is 0 Å². The molecule has 2 nitrogen and oxygen atoms in total. The molecular weight excluding hydrogens is 1080 g/mol. The quantitative estimate of drug-likeness (QED) is 0.153. The summed E-state index contributed by atoms with van der Waals surface area (Å²) in [6, 6.07) is 89.1. The van der Waals surface area contributed by atoms with Crippen LogP contribution in [0.1, 0.15) is 83.3 Å². The summed E-state index contributed by atoms with van der Waals surface area (Å²) in [5.41, 5.74) is 24.7. The van der Waals surface area contributed by atoms with Gasteiger partial charge in [0.15, 0.2) is 0 Å². The van der Waals surface area contributed by atoms with Crippen LogP contribution in [0.25, 0.3) is 119 Å². The second kappa shape index (κ2) is 18.6. The molecule has 2 aliphatic carbocycles. The van der Waals surface area contributed by atoms with Gasteiger partial charge in [0.2, 0.25) is 0 Å². The molecule has 0 unspecified atom stereocenters. The zero-order chi connectivity index (χ0) is 61.0. The topological polar surface area (TPSA) is 6.48 Å². The molecule has 16 aromatic rings. The molecule has 90 heavy (non-hydrogen) atoms. The summed E-state index contributed by atoms with van der Waals surface area (Å²) >= 11 is 0. The lowest BCUT2D eigenvalue weighted by atomic mass is 9.78. The molecule has 18 rings (SSSR count). The third-order valence-corrected chi connectivity index (χ3v) is 21.2. The summed E-state index contributed by atoms with van der Waals surface area (Å²) < 4.78 is 0. The summed E-state index contributed by atoms with van der Waals surface area (Å²) in [6.07, 6.45) is 0. The lowest BCUT2D eigenvalue weighted by molar-refractivity contribution is 0.666. The molecule has 0 radical (unpaired) electrons. The monoisotopic (exact) mass is 1150 g/mol. The minimum absolute atomic E-state index is 0.301. The number of hydrogen-bond donors (Lipinski definition) is 0. The molecule has 0 heterocycles.